The molecule has 0 bridgehead atoms. The second kappa shape index (κ2) is 7.57. The number of nitrogens with one attached hydrogen (secondary N) is 2. The summed E-state index contributed by atoms with van der Waals surface area (Å²) in [6, 6.07) is 7.68. The maximum Gasteiger partial charge on any atom is 0.228 e. The van der Waals surface area contributed by atoms with Crippen molar-refractivity contribution in [2.75, 3.05) is 10.6 Å². The van der Waals surface area contributed by atoms with Crippen LogP contribution in [0.15, 0.2) is 30.3 Å². The summed E-state index contributed by atoms with van der Waals surface area (Å²) in [6.45, 7) is 0. The van der Waals surface area contributed by atoms with Gasteiger partial charge in [-0.05, 0) is 43.2 Å². The van der Waals surface area contributed by atoms with Gasteiger partial charge in [0.1, 0.15) is 5.82 Å². The number of rotatable bonds is 4. The van der Waals surface area contributed by atoms with Crippen LogP contribution in [0, 0.1) is 11.7 Å². The number of aromatic nitrogens is 2. The van der Waals surface area contributed by atoms with Crippen LogP contribution in [0.1, 0.15) is 32.1 Å². The van der Waals surface area contributed by atoms with Gasteiger partial charge in [-0.25, -0.2) is 4.39 Å². The van der Waals surface area contributed by atoms with E-state index in [0.717, 1.165) is 25.7 Å². The molecule has 2 N–H and O–H groups in total. The second-order valence-corrected chi connectivity index (χ2v) is 6.29. The lowest BCUT2D eigenvalue weighted by Crippen LogP contribution is -2.25. The molecule has 0 saturated heterocycles. The highest BCUT2D eigenvalue weighted by molar-refractivity contribution is 6.31. The SMILES string of the molecule is O=C(Nc1ccc(Nc2ccc(F)c(Cl)c2)nn1)C1CCCCC1. The van der Waals surface area contributed by atoms with Crippen molar-refractivity contribution in [1.29, 1.82) is 0 Å². The molecule has 1 aliphatic rings. The first-order chi connectivity index (χ1) is 11.6. The molecule has 1 fully saturated rings. The fourth-order valence-corrected chi connectivity index (χ4v) is 2.96. The van der Waals surface area contributed by atoms with Gasteiger partial charge < -0.3 is 10.6 Å². The first-order valence-electron chi connectivity index (χ1n) is 7.98. The maximum absolute atomic E-state index is 13.1. The lowest BCUT2D eigenvalue weighted by atomic mass is 9.89. The number of halogens is 2. The lowest BCUT2D eigenvalue weighted by Gasteiger charge is -2.20. The number of hydrogen-bond acceptors (Lipinski definition) is 4. The normalized spacial score (nSPS) is 15.1. The predicted octanol–water partition coefficient (Wildman–Crippen LogP) is 4.53. The van der Waals surface area contributed by atoms with Gasteiger partial charge in [-0.2, -0.15) is 0 Å². The molecule has 0 atom stereocenters. The molecule has 1 saturated carbocycles. The molecule has 24 heavy (non-hydrogen) atoms. The summed E-state index contributed by atoms with van der Waals surface area (Å²) in [5, 5.41) is 13.8. The summed E-state index contributed by atoms with van der Waals surface area (Å²) < 4.78 is 13.1. The van der Waals surface area contributed by atoms with Crippen molar-refractivity contribution >= 4 is 34.8 Å². The number of amides is 1. The molecule has 1 aromatic carbocycles. The van der Waals surface area contributed by atoms with Crippen molar-refractivity contribution in [3.05, 3.63) is 41.2 Å². The molecule has 1 amide bonds. The van der Waals surface area contributed by atoms with Crippen LogP contribution >= 0.6 is 11.6 Å². The van der Waals surface area contributed by atoms with Crippen LogP contribution in [-0.4, -0.2) is 16.1 Å². The van der Waals surface area contributed by atoms with Gasteiger partial charge in [0.25, 0.3) is 0 Å². The van der Waals surface area contributed by atoms with Crippen molar-refractivity contribution in [3.63, 3.8) is 0 Å². The molecule has 1 aliphatic carbocycles. The smallest absolute Gasteiger partial charge is 0.228 e. The molecule has 0 unspecified atom stereocenters. The first-order valence-corrected chi connectivity index (χ1v) is 8.36. The minimum atomic E-state index is -0.478. The molecule has 0 radical (unpaired) electrons. The topological polar surface area (TPSA) is 66.9 Å². The third-order valence-electron chi connectivity index (χ3n) is 4.08. The first kappa shape index (κ1) is 16.6. The predicted molar refractivity (Wildman–Crippen MR) is 91.9 cm³/mol. The van der Waals surface area contributed by atoms with Gasteiger partial charge in [0.15, 0.2) is 11.6 Å². The van der Waals surface area contributed by atoms with Crippen LogP contribution in [0.4, 0.5) is 21.7 Å². The Labute approximate surface area is 144 Å². The molecule has 2 aromatic rings. The van der Waals surface area contributed by atoms with E-state index in [1.807, 2.05) is 0 Å². The number of hydrogen-bond donors (Lipinski definition) is 2. The van der Waals surface area contributed by atoms with Crippen LogP contribution in [0.25, 0.3) is 0 Å². The van der Waals surface area contributed by atoms with Gasteiger partial charge in [-0.3, -0.25) is 4.79 Å². The van der Waals surface area contributed by atoms with E-state index < -0.39 is 5.82 Å². The van der Waals surface area contributed by atoms with E-state index >= 15 is 0 Å². The van der Waals surface area contributed by atoms with Crippen molar-refractivity contribution in [2.24, 2.45) is 5.92 Å². The zero-order chi connectivity index (χ0) is 16.9. The fourth-order valence-electron chi connectivity index (χ4n) is 2.78. The molecular weight excluding hydrogens is 331 g/mol. The third-order valence-corrected chi connectivity index (χ3v) is 4.37. The molecule has 1 heterocycles. The van der Waals surface area contributed by atoms with E-state index in [0.29, 0.717) is 17.3 Å². The monoisotopic (exact) mass is 348 g/mol. The maximum atomic E-state index is 13.1. The van der Waals surface area contributed by atoms with Crippen molar-refractivity contribution in [3.8, 4) is 0 Å². The largest absolute Gasteiger partial charge is 0.339 e. The van der Waals surface area contributed by atoms with E-state index in [1.165, 1.54) is 18.6 Å². The van der Waals surface area contributed by atoms with E-state index in [9.17, 15) is 9.18 Å². The summed E-state index contributed by atoms with van der Waals surface area (Å²) in [6.07, 6.45) is 5.28. The summed E-state index contributed by atoms with van der Waals surface area (Å²) in [5.74, 6) is 0.505. The van der Waals surface area contributed by atoms with Crippen LogP contribution in [0.2, 0.25) is 5.02 Å². The Hall–Kier alpha value is -2.21. The number of nitrogens with zero attached hydrogens (tertiary/aromatic N) is 2. The number of benzene rings is 1. The molecule has 5 nitrogen and oxygen atoms in total. The van der Waals surface area contributed by atoms with E-state index in [2.05, 4.69) is 20.8 Å². The highest BCUT2D eigenvalue weighted by Gasteiger charge is 2.21. The molecule has 7 heteroatoms. The highest BCUT2D eigenvalue weighted by atomic mass is 35.5. The molecule has 0 spiro atoms. The van der Waals surface area contributed by atoms with Crippen LogP contribution < -0.4 is 10.6 Å². The Morgan fingerprint density at radius 1 is 1.08 bits per heavy atom. The van der Waals surface area contributed by atoms with Gasteiger partial charge in [-0.15, -0.1) is 10.2 Å². The standard InChI is InChI=1S/C17H18ClFN4O/c18-13-10-12(6-7-14(13)19)20-15-8-9-16(23-22-15)21-17(24)11-4-2-1-3-5-11/h6-11H,1-5H2,(H,20,22)(H,21,23,24). The van der Waals surface area contributed by atoms with Crippen molar-refractivity contribution in [1.82, 2.24) is 10.2 Å². The summed E-state index contributed by atoms with van der Waals surface area (Å²) in [4.78, 5) is 12.2. The number of carbonyl (C=O) groups is 1. The molecule has 0 aliphatic heterocycles. The van der Waals surface area contributed by atoms with Gasteiger partial charge in [-0.1, -0.05) is 30.9 Å². The Bertz CT molecular complexity index is 717. The average Bonchev–Trinajstić information content (AvgIpc) is 2.61. The van der Waals surface area contributed by atoms with Crippen molar-refractivity contribution < 1.29 is 9.18 Å². The Morgan fingerprint density at radius 3 is 2.46 bits per heavy atom. The van der Waals surface area contributed by atoms with E-state index in [-0.39, 0.29) is 16.8 Å². The Morgan fingerprint density at radius 2 is 1.79 bits per heavy atom. The molecule has 3 rings (SSSR count). The Balaban J connectivity index is 1.60. The average molecular weight is 349 g/mol. The number of anilines is 3. The summed E-state index contributed by atoms with van der Waals surface area (Å²) in [7, 11) is 0. The zero-order valence-corrected chi connectivity index (χ0v) is 13.8. The third kappa shape index (κ3) is 4.20. The zero-order valence-electron chi connectivity index (χ0n) is 13.1. The minimum Gasteiger partial charge on any atom is -0.339 e. The van der Waals surface area contributed by atoms with E-state index in [1.54, 1.807) is 18.2 Å². The molecule has 1 aromatic heterocycles. The van der Waals surface area contributed by atoms with Gasteiger partial charge in [0.05, 0.1) is 5.02 Å². The van der Waals surface area contributed by atoms with Gasteiger partial charge in [0, 0.05) is 11.6 Å². The molecular formula is C17H18ClFN4O. The van der Waals surface area contributed by atoms with Gasteiger partial charge >= 0.3 is 0 Å². The number of carbonyl (C=O) groups excluding carboxylic acids is 1. The van der Waals surface area contributed by atoms with Crippen LogP contribution in [0.3, 0.4) is 0 Å². The van der Waals surface area contributed by atoms with Crippen LogP contribution in [0.5, 0.6) is 0 Å². The quantitative estimate of drug-likeness (QED) is 0.851. The Kier molecular flexibility index (Phi) is 5.25. The second-order valence-electron chi connectivity index (χ2n) is 5.88. The fraction of sp³-hybridized carbons (Fsp3) is 0.353. The van der Waals surface area contributed by atoms with Crippen molar-refractivity contribution in [2.45, 2.75) is 32.1 Å². The summed E-state index contributed by atoms with van der Waals surface area (Å²) in [5.41, 5.74) is 0.606. The molecule has 126 valence electrons. The van der Waals surface area contributed by atoms with Crippen LogP contribution in [-0.2, 0) is 4.79 Å². The van der Waals surface area contributed by atoms with Gasteiger partial charge in [0.2, 0.25) is 5.91 Å². The minimum absolute atomic E-state index is 0.00928. The summed E-state index contributed by atoms with van der Waals surface area (Å²) >= 11 is 5.74. The van der Waals surface area contributed by atoms with E-state index in [4.69, 9.17) is 11.6 Å². The highest BCUT2D eigenvalue weighted by Crippen LogP contribution is 2.25. The lowest BCUT2D eigenvalue weighted by molar-refractivity contribution is -0.120.